The first-order valence-corrected chi connectivity index (χ1v) is 8.77. The van der Waals surface area contributed by atoms with E-state index in [-0.39, 0.29) is 17.5 Å². The van der Waals surface area contributed by atoms with E-state index in [1.165, 1.54) is 30.0 Å². The second-order valence-electron chi connectivity index (χ2n) is 6.49. The van der Waals surface area contributed by atoms with E-state index >= 15 is 0 Å². The van der Waals surface area contributed by atoms with Gasteiger partial charge in [-0.1, -0.05) is 6.07 Å². The molecule has 1 aromatic heterocycles. The minimum atomic E-state index is -0.426. The molecule has 3 rings (SSSR count). The van der Waals surface area contributed by atoms with Gasteiger partial charge < -0.3 is 9.64 Å². The highest BCUT2D eigenvalue weighted by Crippen LogP contribution is 2.21. The van der Waals surface area contributed by atoms with Crippen LogP contribution in [0.2, 0.25) is 0 Å². The van der Waals surface area contributed by atoms with Gasteiger partial charge in [-0.25, -0.2) is 8.78 Å². The lowest BCUT2D eigenvalue weighted by molar-refractivity contribution is 0.0786. The monoisotopic (exact) mass is 385 g/mol. The maximum atomic E-state index is 13.8. The Morgan fingerprint density at radius 1 is 1.14 bits per heavy atom. The van der Waals surface area contributed by atoms with Gasteiger partial charge in [0.05, 0.1) is 12.8 Å². The SMILES string of the molecule is COc1ccc(CCN(C)C(=O)c2cc(-c3ccc(F)cc3)nn2C)cc1F. The molecular formula is C21H21F2N3O2. The molecule has 146 valence electrons. The lowest BCUT2D eigenvalue weighted by atomic mass is 10.1. The van der Waals surface area contributed by atoms with Crippen molar-refractivity contribution in [3.8, 4) is 17.0 Å². The van der Waals surface area contributed by atoms with Crippen molar-refractivity contribution in [2.24, 2.45) is 7.05 Å². The summed E-state index contributed by atoms with van der Waals surface area (Å²) >= 11 is 0. The quantitative estimate of drug-likeness (QED) is 0.650. The lowest BCUT2D eigenvalue weighted by Crippen LogP contribution is -2.30. The van der Waals surface area contributed by atoms with E-state index in [2.05, 4.69) is 5.10 Å². The highest BCUT2D eigenvalue weighted by Gasteiger charge is 2.18. The molecule has 0 spiro atoms. The summed E-state index contributed by atoms with van der Waals surface area (Å²) in [5.74, 6) is -0.760. The fourth-order valence-corrected chi connectivity index (χ4v) is 2.89. The van der Waals surface area contributed by atoms with E-state index < -0.39 is 5.82 Å². The Kier molecular flexibility index (Phi) is 5.73. The Morgan fingerprint density at radius 3 is 2.50 bits per heavy atom. The van der Waals surface area contributed by atoms with Gasteiger partial charge in [-0.15, -0.1) is 0 Å². The molecule has 7 heteroatoms. The summed E-state index contributed by atoms with van der Waals surface area (Å²) in [5, 5.41) is 4.35. The minimum Gasteiger partial charge on any atom is -0.494 e. The molecule has 0 aliphatic carbocycles. The maximum absolute atomic E-state index is 13.8. The lowest BCUT2D eigenvalue weighted by Gasteiger charge is -2.17. The highest BCUT2D eigenvalue weighted by molar-refractivity contribution is 5.93. The molecule has 28 heavy (non-hydrogen) atoms. The largest absolute Gasteiger partial charge is 0.494 e. The predicted octanol–water partition coefficient (Wildman–Crippen LogP) is 3.69. The van der Waals surface area contributed by atoms with Crippen molar-refractivity contribution < 1.29 is 18.3 Å². The smallest absolute Gasteiger partial charge is 0.271 e. The molecule has 0 aliphatic heterocycles. The molecule has 0 saturated carbocycles. The van der Waals surface area contributed by atoms with Crippen molar-refractivity contribution in [2.45, 2.75) is 6.42 Å². The van der Waals surface area contributed by atoms with Crippen molar-refractivity contribution in [3.63, 3.8) is 0 Å². The minimum absolute atomic E-state index is 0.191. The third-order valence-electron chi connectivity index (χ3n) is 4.54. The maximum Gasteiger partial charge on any atom is 0.271 e. The Bertz CT molecular complexity index is 984. The first kappa shape index (κ1) is 19.5. The number of aryl methyl sites for hydroxylation is 1. The molecule has 0 bridgehead atoms. The molecule has 0 N–H and O–H groups in total. The molecule has 1 amide bonds. The number of halogens is 2. The van der Waals surface area contributed by atoms with Gasteiger partial charge in [0.15, 0.2) is 11.6 Å². The third-order valence-corrected chi connectivity index (χ3v) is 4.54. The molecule has 0 atom stereocenters. The van der Waals surface area contributed by atoms with Crippen LogP contribution in [0.4, 0.5) is 8.78 Å². The summed E-state index contributed by atoms with van der Waals surface area (Å²) in [5.41, 5.74) is 2.52. The number of carbonyl (C=O) groups is 1. The molecule has 2 aromatic carbocycles. The average molecular weight is 385 g/mol. The van der Waals surface area contributed by atoms with Crippen molar-refractivity contribution in [3.05, 3.63) is 71.4 Å². The average Bonchev–Trinajstić information content (AvgIpc) is 3.07. The standard InChI is InChI=1S/C21H21F2N3O2/c1-25(11-10-14-4-9-20(28-3)17(23)12-14)21(27)19-13-18(24-26(19)2)15-5-7-16(22)8-6-15/h4-9,12-13H,10-11H2,1-3H3. The number of rotatable bonds is 6. The molecule has 5 nitrogen and oxygen atoms in total. The molecule has 3 aromatic rings. The van der Waals surface area contributed by atoms with Crippen LogP contribution in [0.15, 0.2) is 48.5 Å². The van der Waals surface area contributed by atoms with Gasteiger partial charge in [0, 0.05) is 26.2 Å². The Hall–Kier alpha value is -3.22. The fourth-order valence-electron chi connectivity index (χ4n) is 2.89. The highest BCUT2D eigenvalue weighted by atomic mass is 19.1. The summed E-state index contributed by atoms with van der Waals surface area (Å²) < 4.78 is 33.3. The van der Waals surface area contributed by atoms with Crippen LogP contribution in [0.25, 0.3) is 11.3 Å². The molecular weight excluding hydrogens is 364 g/mol. The number of nitrogens with zero attached hydrogens (tertiary/aromatic N) is 3. The van der Waals surface area contributed by atoms with Gasteiger partial charge >= 0.3 is 0 Å². The number of carbonyl (C=O) groups excluding carboxylic acids is 1. The Morgan fingerprint density at radius 2 is 1.86 bits per heavy atom. The van der Waals surface area contributed by atoms with E-state index in [0.717, 1.165) is 11.1 Å². The molecule has 0 fully saturated rings. The van der Waals surface area contributed by atoms with Crippen LogP contribution in [-0.2, 0) is 13.5 Å². The third kappa shape index (κ3) is 4.19. The van der Waals surface area contributed by atoms with Crippen LogP contribution in [0.5, 0.6) is 5.75 Å². The summed E-state index contributed by atoms with van der Waals surface area (Å²) in [6.07, 6.45) is 0.506. The van der Waals surface area contributed by atoms with Crippen LogP contribution >= 0.6 is 0 Å². The topological polar surface area (TPSA) is 47.4 Å². The molecule has 1 heterocycles. The van der Waals surface area contributed by atoms with Gasteiger partial charge in [0.25, 0.3) is 5.91 Å². The Balaban J connectivity index is 1.69. The summed E-state index contributed by atoms with van der Waals surface area (Å²) in [4.78, 5) is 14.3. The van der Waals surface area contributed by atoms with E-state index in [0.29, 0.717) is 24.4 Å². The summed E-state index contributed by atoms with van der Waals surface area (Å²) in [6.45, 7) is 0.418. The van der Waals surface area contributed by atoms with E-state index in [9.17, 15) is 13.6 Å². The molecule has 0 aliphatic rings. The second kappa shape index (κ2) is 8.21. The Labute approximate surface area is 162 Å². The van der Waals surface area contributed by atoms with Crippen molar-refractivity contribution in [1.82, 2.24) is 14.7 Å². The number of amides is 1. The van der Waals surface area contributed by atoms with Gasteiger partial charge in [-0.05, 0) is 54.4 Å². The predicted molar refractivity (Wildman–Crippen MR) is 102 cm³/mol. The summed E-state index contributed by atoms with van der Waals surface area (Å²) in [7, 11) is 4.79. The summed E-state index contributed by atoms with van der Waals surface area (Å²) in [6, 6.07) is 12.4. The van der Waals surface area contributed by atoms with Gasteiger partial charge in [-0.3, -0.25) is 9.48 Å². The van der Waals surface area contributed by atoms with E-state index in [1.807, 2.05) is 0 Å². The van der Waals surface area contributed by atoms with Crippen molar-refractivity contribution in [2.75, 3.05) is 20.7 Å². The van der Waals surface area contributed by atoms with Crippen LogP contribution in [0.1, 0.15) is 16.1 Å². The zero-order valence-corrected chi connectivity index (χ0v) is 15.9. The number of methoxy groups -OCH3 is 1. The van der Waals surface area contributed by atoms with Gasteiger partial charge in [0.1, 0.15) is 11.5 Å². The molecule has 0 unspecified atom stereocenters. The van der Waals surface area contributed by atoms with Gasteiger partial charge in [-0.2, -0.15) is 5.10 Å². The van der Waals surface area contributed by atoms with Crippen molar-refractivity contribution >= 4 is 5.91 Å². The number of hydrogen-bond acceptors (Lipinski definition) is 3. The second-order valence-corrected chi connectivity index (χ2v) is 6.49. The first-order valence-electron chi connectivity index (χ1n) is 8.77. The van der Waals surface area contributed by atoms with Gasteiger partial charge in [0.2, 0.25) is 0 Å². The zero-order chi connectivity index (χ0) is 20.3. The molecule has 0 radical (unpaired) electrons. The van der Waals surface area contributed by atoms with Crippen LogP contribution in [0.3, 0.4) is 0 Å². The first-order chi connectivity index (χ1) is 13.4. The van der Waals surface area contributed by atoms with Crippen LogP contribution < -0.4 is 4.74 Å². The molecule has 0 saturated heterocycles. The number of aromatic nitrogens is 2. The van der Waals surface area contributed by atoms with Crippen LogP contribution in [-0.4, -0.2) is 41.3 Å². The normalized spacial score (nSPS) is 10.8. The van der Waals surface area contributed by atoms with Crippen molar-refractivity contribution in [1.29, 1.82) is 0 Å². The van der Waals surface area contributed by atoms with E-state index in [4.69, 9.17) is 4.74 Å². The number of likely N-dealkylation sites (N-methyl/N-ethyl adjacent to an activating group) is 1. The van der Waals surface area contributed by atoms with E-state index in [1.54, 1.807) is 49.3 Å². The number of hydrogen-bond donors (Lipinski definition) is 0. The van der Waals surface area contributed by atoms with Crippen LogP contribution in [0, 0.1) is 11.6 Å². The number of ether oxygens (including phenoxy) is 1. The number of benzene rings is 2. The zero-order valence-electron chi connectivity index (χ0n) is 15.9. The fraction of sp³-hybridized carbons (Fsp3) is 0.238.